The number of rotatable bonds is 6. The van der Waals surface area contributed by atoms with Gasteiger partial charge < -0.3 is 9.64 Å². The zero-order valence-corrected chi connectivity index (χ0v) is 14.7. The molecule has 1 fully saturated rings. The molecule has 1 aromatic carbocycles. The van der Waals surface area contributed by atoms with Gasteiger partial charge in [-0.1, -0.05) is 30.3 Å². The van der Waals surface area contributed by atoms with Gasteiger partial charge in [0, 0.05) is 32.2 Å². The number of ether oxygens (including phenoxy) is 1. The number of carbonyl (C=O) groups is 2. The SMILES string of the molecule is COC(=O)CCN(C(=O)C(F)(F)F)C1CCN(Cc2ccccc2)CC1. The summed E-state index contributed by atoms with van der Waals surface area (Å²) in [7, 11) is 1.17. The van der Waals surface area contributed by atoms with Gasteiger partial charge in [-0.05, 0) is 18.4 Å². The van der Waals surface area contributed by atoms with Crippen LogP contribution < -0.4 is 0 Å². The first-order valence-corrected chi connectivity index (χ1v) is 8.52. The highest BCUT2D eigenvalue weighted by Gasteiger charge is 2.45. The first-order valence-electron chi connectivity index (χ1n) is 8.52. The predicted molar refractivity (Wildman–Crippen MR) is 89.1 cm³/mol. The molecule has 0 atom stereocenters. The molecule has 1 heterocycles. The predicted octanol–water partition coefficient (Wildman–Crippen LogP) is 2.61. The molecular formula is C18H23F3N2O3. The summed E-state index contributed by atoms with van der Waals surface area (Å²) in [6.45, 7) is 1.64. The van der Waals surface area contributed by atoms with Crippen molar-refractivity contribution < 1.29 is 27.5 Å². The first kappa shape index (κ1) is 20.2. The molecule has 0 aliphatic carbocycles. The Labute approximate surface area is 150 Å². The molecule has 1 aliphatic rings. The zero-order valence-electron chi connectivity index (χ0n) is 14.7. The van der Waals surface area contributed by atoms with Gasteiger partial charge in [0.25, 0.3) is 0 Å². The number of amides is 1. The monoisotopic (exact) mass is 372 g/mol. The standard InChI is InChI=1S/C18H23F3N2O3/c1-26-16(24)9-12-23(17(25)18(19,20)21)15-7-10-22(11-8-15)13-14-5-3-2-4-6-14/h2-6,15H,7-13H2,1H3. The van der Waals surface area contributed by atoms with E-state index in [0.29, 0.717) is 25.9 Å². The molecule has 1 aromatic rings. The van der Waals surface area contributed by atoms with Crippen LogP contribution in [0, 0.1) is 0 Å². The van der Waals surface area contributed by atoms with Crippen molar-refractivity contribution in [1.29, 1.82) is 0 Å². The number of piperidine rings is 1. The molecule has 0 aromatic heterocycles. The van der Waals surface area contributed by atoms with Crippen molar-refractivity contribution in [3.05, 3.63) is 35.9 Å². The number of esters is 1. The molecule has 1 amide bonds. The Kier molecular flexibility index (Phi) is 7.02. The molecule has 144 valence electrons. The van der Waals surface area contributed by atoms with Crippen molar-refractivity contribution in [2.75, 3.05) is 26.7 Å². The third kappa shape index (κ3) is 5.72. The Hall–Kier alpha value is -2.09. The average Bonchev–Trinajstić information content (AvgIpc) is 2.62. The van der Waals surface area contributed by atoms with E-state index in [0.717, 1.165) is 17.0 Å². The molecule has 0 radical (unpaired) electrons. The molecule has 0 N–H and O–H groups in total. The van der Waals surface area contributed by atoms with Crippen LogP contribution in [-0.4, -0.2) is 60.6 Å². The minimum absolute atomic E-state index is 0.247. The average molecular weight is 372 g/mol. The zero-order chi connectivity index (χ0) is 19.2. The van der Waals surface area contributed by atoms with Crippen LogP contribution in [-0.2, 0) is 20.9 Å². The van der Waals surface area contributed by atoms with Crippen LogP contribution in [0.5, 0.6) is 0 Å². The van der Waals surface area contributed by atoms with E-state index in [1.165, 1.54) is 7.11 Å². The third-order valence-electron chi connectivity index (χ3n) is 4.53. The topological polar surface area (TPSA) is 49.9 Å². The van der Waals surface area contributed by atoms with E-state index in [1.54, 1.807) is 0 Å². The molecule has 2 rings (SSSR count). The van der Waals surface area contributed by atoms with Gasteiger partial charge in [-0.3, -0.25) is 14.5 Å². The Morgan fingerprint density at radius 3 is 2.35 bits per heavy atom. The van der Waals surface area contributed by atoms with Crippen molar-refractivity contribution >= 4 is 11.9 Å². The summed E-state index contributed by atoms with van der Waals surface area (Å²) in [5.41, 5.74) is 1.14. The highest BCUT2D eigenvalue weighted by Crippen LogP contribution is 2.25. The van der Waals surface area contributed by atoms with Crippen molar-refractivity contribution in [1.82, 2.24) is 9.80 Å². The molecule has 1 saturated heterocycles. The van der Waals surface area contributed by atoms with Crippen LogP contribution in [0.25, 0.3) is 0 Å². The molecule has 5 nitrogen and oxygen atoms in total. The first-order chi connectivity index (χ1) is 12.3. The summed E-state index contributed by atoms with van der Waals surface area (Å²) in [5.74, 6) is -2.52. The molecule has 8 heteroatoms. The van der Waals surface area contributed by atoms with Crippen LogP contribution in [0.1, 0.15) is 24.8 Å². The molecule has 26 heavy (non-hydrogen) atoms. The second-order valence-electron chi connectivity index (χ2n) is 6.32. The van der Waals surface area contributed by atoms with E-state index in [9.17, 15) is 22.8 Å². The lowest BCUT2D eigenvalue weighted by atomic mass is 10.0. The van der Waals surface area contributed by atoms with Gasteiger partial charge >= 0.3 is 18.1 Å². The minimum atomic E-state index is -4.95. The summed E-state index contributed by atoms with van der Waals surface area (Å²) in [5, 5.41) is 0. The normalized spacial score (nSPS) is 16.3. The maximum absolute atomic E-state index is 12.9. The smallest absolute Gasteiger partial charge is 0.469 e. The van der Waals surface area contributed by atoms with Crippen LogP contribution in [0.15, 0.2) is 30.3 Å². The van der Waals surface area contributed by atoms with Crippen LogP contribution in [0.3, 0.4) is 0 Å². The van der Waals surface area contributed by atoms with Gasteiger partial charge in [-0.2, -0.15) is 13.2 Å². The van der Waals surface area contributed by atoms with Gasteiger partial charge in [0.2, 0.25) is 0 Å². The van der Waals surface area contributed by atoms with Crippen molar-refractivity contribution in [3.8, 4) is 0 Å². The highest BCUT2D eigenvalue weighted by molar-refractivity contribution is 5.82. The highest BCUT2D eigenvalue weighted by atomic mass is 19.4. The number of alkyl halides is 3. The quantitative estimate of drug-likeness (QED) is 0.721. The van der Waals surface area contributed by atoms with E-state index in [-0.39, 0.29) is 13.0 Å². The fourth-order valence-corrected chi connectivity index (χ4v) is 3.16. The largest absolute Gasteiger partial charge is 0.471 e. The molecule has 1 aliphatic heterocycles. The number of hydrogen-bond donors (Lipinski definition) is 0. The minimum Gasteiger partial charge on any atom is -0.469 e. The lowest BCUT2D eigenvalue weighted by Crippen LogP contribution is -2.51. The molecular weight excluding hydrogens is 349 g/mol. The second kappa shape index (κ2) is 9.02. The van der Waals surface area contributed by atoms with E-state index < -0.39 is 24.1 Å². The Morgan fingerprint density at radius 2 is 1.81 bits per heavy atom. The number of nitrogens with zero attached hydrogens (tertiary/aromatic N) is 2. The number of methoxy groups -OCH3 is 1. The second-order valence-corrected chi connectivity index (χ2v) is 6.32. The molecule has 0 saturated carbocycles. The summed E-state index contributed by atoms with van der Waals surface area (Å²) >= 11 is 0. The lowest BCUT2D eigenvalue weighted by Gasteiger charge is -2.38. The van der Waals surface area contributed by atoms with E-state index in [1.807, 2.05) is 30.3 Å². The molecule has 0 unspecified atom stereocenters. The summed E-state index contributed by atoms with van der Waals surface area (Å²) < 4.78 is 43.2. The Bertz CT molecular complexity index is 599. The Morgan fingerprint density at radius 1 is 1.19 bits per heavy atom. The number of likely N-dealkylation sites (tertiary alicyclic amines) is 1. The fourth-order valence-electron chi connectivity index (χ4n) is 3.16. The fraction of sp³-hybridized carbons (Fsp3) is 0.556. The summed E-state index contributed by atoms with van der Waals surface area (Å²) in [6.07, 6.45) is -4.31. The van der Waals surface area contributed by atoms with Crippen LogP contribution in [0.4, 0.5) is 13.2 Å². The van der Waals surface area contributed by atoms with Gasteiger partial charge in [0.1, 0.15) is 0 Å². The lowest BCUT2D eigenvalue weighted by molar-refractivity contribution is -0.189. The number of halogens is 3. The third-order valence-corrected chi connectivity index (χ3v) is 4.53. The maximum atomic E-state index is 12.9. The van der Waals surface area contributed by atoms with Crippen molar-refractivity contribution in [2.45, 2.75) is 38.0 Å². The Balaban J connectivity index is 1.96. The summed E-state index contributed by atoms with van der Waals surface area (Å²) in [6, 6.07) is 9.29. The van der Waals surface area contributed by atoms with Gasteiger partial charge in [0.05, 0.1) is 13.5 Å². The van der Waals surface area contributed by atoms with Gasteiger partial charge in [-0.25, -0.2) is 0 Å². The van der Waals surface area contributed by atoms with E-state index >= 15 is 0 Å². The summed E-state index contributed by atoms with van der Waals surface area (Å²) in [4.78, 5) is 26.0. The maximum Gasteiger partial charge on any atom is 0.471 e. The van der Waals surface area contributed by atoms with Gasteiger partial charge in [-0.15, -0.1) is 0 Å². The van der Waals surface area contributed by atoms with Crippen molar-refractivity contribution in [3.63, 3.8) is 0 Å². The van der Waals surface area contributed by atoms with Crippen LogP contribution in [0.2, 0.25) is 0 Å². The number of benzene rings is 1. The van der Waals surface area contributed by atoms with E-state index in [2.05, 4.69) is 9.64 Å². The number of hydrogen-bond acceptors (Lipinski definition) is 4. The van der Waals surface area contributed by atoms with E-state index in [4.69, 9.17) is 0 Å². The van der Waals surface area contributed by atoms with Crippen molar-refractivity contribution in [2.24, 2.45) is 0 Å². The molecule has 0 bridgehead atoms. The van der Waals surface area contributed by atoms with Gasteiger partial charge in [0.15, 0.2) is 0 Å². The number of carbonyl (C=O) groups excluding carboxylic acids is 2. The van der Waals surface area contributed by atoms with Crippen LogP contribution >= 0.6 is 0 Å². The molecule has 0 spiro atoms.